The molecule has 0 heterocycles. The predicted molar refractivity (Wildman–Crippen MR) is 174 cm³/mol. The Bertz CT molecular complexity index is 1770. The second-order valence-corrected chi connectivity index (χ2v) is 11.2. The largest absolute Gasteiger partial charge is 0.325 e. The molecule has 0 spiro atoms. The maximum atomic E-state index is 13.3. The van der Waals surface area contributed by atoms with Gasteiger partial charge in [0.25, 0.3) is 11.8 Å². The standard InChI is InChI=1S/C34H26BrN3O3S/c35-26-13-6-8-23(20-26)21-31(38-33(40)25-10-2-1-3-11-25)34(41)36-27-16-18-28(19-17-27)42-22-32(39)37-30-15-7-12-24-9-4-5-14-29(24)30/h1-21H,22H2,(H,36,41)(H,37,39)(H,38,40)/b31-21-. The number of thioether (sulfide) groups is 1. The molecule has 208 valence electrons. The minimum Gasteiger partial charge on any atom is -0.325 e. The number of hydrogen-bond donors (Lipinski definition) is 3. The van der Waals surface area contributed by atoms with E-state index in [-0.39, 0.29) is 23.3 Å². The Hall–Kier alpha value is -4.66. The van der Waals surface area contributed by atoms with Gasteiger partial charge in [-0.15, -0.1) is 11.8 Å². The van der Waals surface area contributed by atoms with Gasteiger partial charge in [0.15, 0.2) is 0 Å². The van der Waals surface area contributed by atoms with Crippen LogP contribution in [0.2, 0.25) is 0 Å². The van der Waals surface area contributed by atoms with Crippen LogP contribution in [0, 0.1) is 0 Å². The van der Waals surface area contributed by atoms with E-state index in [2.05, 4.69) is 31.9 Å². The first-order chi connectivity index (χ1) is 20.4. The van der Waals surface area contributed by atoms with Gasteiger partial charge in [-0.1, -0.05) is 82.7 Å². The van der Waals surface area contributed by atoms with Crippen molar-refractivity contribution in [3.8, 4) is 0 Å². The average molecular weight is 637 g/mol. The minimum absolute atomic E-state index is 0.102. The molecule has 0 aromatic heterocycles. The Labute approximate surface area is 256 Å². The molecule has 0 aliphatic heterocycles. The number of anilines is 2. The lowest BCUT2D eigenvalue weighted by atomic mass is 10.1. The average Bonchev–Trinajstić information content (AvgIpc) is 3.01. The molecule has 5 aromatic carbocycles. The fourth-order valence-electron chi connectivity index (χ4n) is 4.21. The maximum Gasteiger partial charge on any atom is 0.272 e. The summed E-state index contributed by atoms with van der Waals surface area (Å²) in [5.74, 6) is -0.722. The van der Waals surface area contributed by atoms with Crippen molar-refractivity contribution in [1.29, 1.82) is 0 Å². The van der Waals surface area contributed by atoms with Crippen LogP contribution in [-0.4, -0.2) is 23.5 Å². The molecule has 6 nitrogen and oxygen atoms in total. The van der Waals surface area contributed by atoms with E-state index in [1.807, 2.05) is 84.9 Å². The van der Waals surface area contributed by atoms with E-state index in [1.54, 1.807) is 42.5 Å². The summed E-state index contributed by atoms with van der Waals surface area (Å²) in [5.41, 5.74) is 2.62. The van der Waals surface area contributed by atoms with E-state index in [1.165, 1.54) is 11.8 Å². The van der Waals surface area contributed by atoms with Gasteiger partial charge in [0, 0.05) is 31.7 Å². The van der Waals surface area contributed by atoms with Gasteiger partial charge in [-0.3, -0.25) is 14.4 Å². The van der Waals surface area contributed by atoms with Crippen LogP contribution in [0.5, 0.6) is 0 Å². The van der Waals surface area contributed by atoms with Crippen LogP contribution in [0.1, 0.15) is 15.9 Å². The van der Waals surface area contributed by atoms with Crippen LogP contribution in [0.25, 0.3) is 16.8 Å². The van der Waals surface area contributed by atoms with Gasteiger partial charge in [-0.05, 0) is 71.6 Å². The smallest absolute Gasteiger partial charge is 0.272 e. The maximum absolute atomic E-state index is 13.3. The molecule has 5 rings (SSSR count). The Morgan fingerprint density at radius 2 is 1.45 bits per heavy atom. The van der Waals surface area contributed by atoms with Gasteiger partial charge >= 0.3 is 0 Å². The van der Waals surface area contributed by atoms with Gasteiger partial charge < -0.3 is 16.0 Å². The second kappa shape index (κ2) is 13.8. The van der Waals surface area contributed by atoms with Crippen molar-refractivity contribution in [2.45, 2.75) is 4.90 Å². The van der Waals surface area contributed by atoms with Crippen LogP contribution < -0.4 is 16.0 Å². The van der Waals surface area contributed by atoms with E-state index in [0.717, 1.165) is 31.4 Å². The molecular formula is C34H26BrN3O3S. The molecule has 0 fully saturated rings. The molecule has 5 aromatic rings. The monoisotopic (exact) mass is 635 g/mol. The molecule has 8 heteroatoms. The number of carbonyl (C=O) groups is 3. The van der Waals surface area contributed by atoms with Crippen LogP contribution in [-0.2, 0) is 9.59 Å². The lowest BCUT2D eigenvalue weighted by molar-refractivity contribution is -0.114. The Morgan fingerprint density at radius 1 is 0.738 bits per heavy atom. The predicted octanol–water partition coefficient (Wildman–Crippen LogP) is 7.74. The number of halogens is 1. The molecule has 0 saturated carbocycles. The molecule has 0 atom stereocenters. The lowest BCUT2D eigenvalue weighted by Crippen LogP contribution is -2.30. The van der Waals surface area contributed by atoms with Crippen LogP contribution in [0.15, 0.2) is 136 Å². The van der Waals surface area contributed by atoms with Crippen molar-refractivity contribution >= 4 is 73.6 Å². The number of benzene rings is 5. The molecule has 0 aliphatic carbocycles. The molecule has 0 unspecified atom stereocenters. The first kappa shape index (κ1) is 28.9. The second-order valence-electron chi connectivity index (χ2n) is 9.28. The lowest BCUT2D eigenvalue weighted by Gasteiger charge is -2.12. The van der Waals surface area contributed by atoms with Gasteiger partial charge in [0.05, 0.1) is 5.75 Å². The zero-order valence-corrected chi connectivity index (χ0v) is 24.7. The summed E-state index contributed by atoms with van der Waals surface area (Å²) in [7, 11) is 0. The quantitative estimate of drug-likeness (QED) is 0.114. The minimum atomic E-state index is -0.464. The third kappa shape index (κ3) is 7.75. The number of rotatable bonds is 9. The molecule has 0 bridgehead atoms. The van der Waals surface area contributed by atoms with Gasteiger partial charge in [0.1, 0.15) is 5.70 Å². The molecule has 3 amide bonds. The third-order valence-corrected chi connectivity index (χ3v) is 7.74. The number of carbonyl (C=O) groups excluding carboxylic acids is 3. The van der Waals surface area contributed by atoms with Crippen molar-refractivity contribution < 1.29 is 14.4 Å². The highest BCUT2D eigenvalue weighted by molar-refractivity contribution is 9.10. The number of amides is 3. The summed E-state index contributed by atoms with van der Waals surface area (Å²) in [6, 6.07) is 37.1. The van der Waals surface area contributed by atoms with Crippen molar-refractivity contribution in [1.82, 2.24) is 5.32 Å². The molecule has 0 radical (unpaired) electrons. The van der Waals surface area contributed by atoms with E-state index >= 15 is 0 Å². The van der Waals surface area contributed by atoms with Crippen molar-refractivity contribution in [2.75, 3.05) is 16.4 Å². The number of nitrogens with one attached hydrogen (secondary N) is 3. The molecular weight excluding hydrogens is 610 g/mol. The molecule has 0 aliphatic rings. The summed E-state index contributed by atoms with van der Waals surface area (Å²) in [6.07, 6.45) is 1.62. The zero-order valence-electron chi connectivity index (χ0n) is 22.3. The fourth-order valence-corrected chi connectivity index (χ4v) is 5.32. The van der Waals surface area contributed by atoms with Crippen molar-refractivity contribution in [2.24, 2.45) is 0 Å². The summed E-state index contributed by atoms with van der Waals surface area (Å²) in [4.78, 5) is 39.6. The van der Waals surface area contributed by atoms with Crippen LogP contribution in [0.3, 0.4) is 0 Å². The fraction of sp³-hybridized carbons (Fsp3) is 0.0294. The first-order valence-corrected chi connectivity index (χ1v) is 14.9. The van der Waals surface area contributed by atoms with E-state index in [4.69, 9.17) is 0 Å². The highest BCUT2D eigenvalue weighted by atomic mass is 79.9. The summed E-state index contributed by atoms with van der Waals surface area (Å²) < 4.78 is 0.851. The van der Waals surface area contributed by atoms with Crippen molar-refractivity contribution in [3.05, 3.63) is 143 Å². The van der Waals surface area contributed by atoms with Crippen LogP contribution in [0.4, 0.5) is 11.4 Å². The molecule has 42 heavy (non-hydrogen) atoms. The third-order valence-electron chi connectivity index (χ3n) is 6.23. The number of fused-ring (bicyclic) bond motifs is 1. The summed E-state index contributed by atoms with van der Waals surface area (Å²) >= 11 is 4.84. The van der Waals surface area contributed by atoms with Gasteiger partial charge in [0.2, 0.25) is 5.91 Å². The zero-order chi connectivity index (χ0) is 29.3. The highest BCUT2D eigenvalue weighted by Gasteiger charge is 2.15. The summed E-state index contributed by atoms with van der Waals surface area (Å²) in [6.45, 7) is 0. The van der Waals surface area contributed by atoms with Gasteiger partial charge in [-0.25, -0.2) is 0 Å². The Kier molecular flexibility index (Phi) is 9.48. The SMILES string of the molecule is O=C(CSc1ccc(NC(=O)/C(=C/c2cccc(Br)c2)NC(=O)c2ccccc2)cc1)Nc1cccc2ccccc12. The van der Waals surface area contributed by atoms with Crippen molar-refractivity contribution in [3.63, 3.8) is 0 Å². The van der Waals surface area contributed by atoms with Crippen LogP contribution >= 0.6 is 27.7 Å². The topological polar surface area (TPSA) is 87.3 Å². The van der Waals surface area contributed by atoms with E-state index in [0.29, 0.717) is 11.3 Å². The molecule has 3 N–H and O–H groups in total. The summed E-state index contributed by atoms with van der Waals surface area (Å²) in [5, 5.41) is 10.6. The molecule has 0 saturated heterocycles. The highest BCUT2D eigenvalue weighted by Crippen LogP contribution is 2.25. The van der Waals surface area contributed by atoms with Gasteiger partial charge in [-0.2, -0.15) is 0 Å². The number of hydrogen-bond acceptors (Lipinski definition) is 4. The van der Waals surface area contributed by atoms with E-state index in [9.17, 15) is 14.4 Å². The first-order valence-electron chi connectivity index (χ1n) is 13.1. The Morgan fingerprint density at radius 3 is 2.24 bits per heavy atom. The normalized spacial score (nSPS) is 11.1. The Balaban J connectivity index is 1.22. The van der Waals surface area contributed by atoms with E-state index < -0.39 is 5.91 Å².